The second-order valence-corrected chi connectivity index (χ2v) is 13.0. The Morgan fingerprint density at radius 2 is 1.45 bits per heavy atom. The van der Waals surface area contributed by atoms with Crippen LogP contribution in [-0.4, -0.2) is 35.3 Å². The number of aliphatic hydroxyl groups is 1. The van der Waals surface area contributed by atoms with Gasteiger partial charge in [0.15, 0.2) is 0 Å². The molecule has 0 heterocycles. The van der Waals surface area contributed by atoms with E-state index >= 15 is 0 Å². The van der Waals surface area contributed by atoms with Crippen LogP contribution in [-0.2, 0) is 27.8 Å². The zero-order valence-electron chi connectivity index (χ0n) is 25.3. The largest absolute Gasteiger partial charge is 0.466 e. The summed E-state index contributed by atoms with van der Waals surface area (Å²) < 4.78 is 5.01. The molecule has 1 N–H and O–H groups in total. The van der Waals surface area contributed by atoms with Gasteiger partial charge in [0.25, 0.3) is 0 Å². The van der Waals surface area contributed by atoms with E-state index in [1.165, 1.54) is 33.4 Å². The highest BCUT2D eigenvalue weighted by molar-refractivity contribution is 7.99. The van der Waals surface area contributed by atoms with Gasteiger partial charge in [-0.3, -0.25) is 4.79 Å². The second-order valence-electron chi connectivity index (χ2n) is 11.8. The van der Waals surface area contributed by atoms with E-state index in [0.717, 1.165) is 50.0 Å². The minimum Gasteiger partial charge on any atom is -0.466 e. The van der Waals surface area contributed by atoms with Crippen LogP contribution in [0.3, 0.4) is 0 Å². The molecule has 0 bridgehead atoms. The summed E-state index contributed by atoms with van der Waals surface area (Å²) in [5.41, 5.74) is 8.15. The predicted molar refractivity (Wildman–Crippen MR) is 164 cm³/mol. The average Bonchev–Trinajstić information content (AvgIpc) is 2.87. The Bertz CT molecular complexity index is 1020. The standard InChI is InChI=1S/C34H52O3S/c1-9-34(10-2,29-17-14-27(25(4)23-29)16-19-31(35)33(6,7)8)30-18-15-28(26(5)24-30)20-22-38-21-12-13-32(36)37-11-3/h14-15,17-18,23-24,31,35H,9-13,16,19-22H2,1-8H3. The van der Waals surface area contributed by atoms with Gasteiger partial charge in [-0.25, -0.2) is 0 Å². The summed E-state index contributed by atoms with van der Waals surface area (Å²) in [5.74, 6) is 1.98. The SMILES string of the molecule is CCOC(=O)CCCSCCc1ccc(C(CC)(CC)c2ccc(CCC(O)C(C)(C)C)c(C)c2)cc1C. The van der Waals surface area contributed by atoms with Crippen molar-refractivity contribution in [3.63, 3.8) is 0 Å². The lowest BCUT2D eigenvalue weighted by Gasteiger charge is -2.34. The van der Waals surface area contributed by atoms with Gasteiger partial charge >= 0.3 is 5.97 Å². The Labute approximate surface area is 237 Å². The molecule has 1 unspecified atom stereocenters. The third-order valence-corrected chi connectivity index (χ3v) is 9.25. The highest BCUT2D eigenvalue weighted by Gasteiger charge is 2.31. The summed E-state index contributed by atoms with van der Waals surface area (Å²) in [6.45, 7) is 17.7. The van der Waals surface area contributed by atoms with Crippen molar-refractivity contribution in [2.24, 2.45) is 5.41 Å². The van der Waals surface area contributed by atoms with E-state index in [0.29, 0.717) is 13.0 Å². The number of esters is 1. The predicted octanol–water partition coefficient (Wildman–Crippen LogP) is 8.37. The summed E-state index contributed by atoms with van der Waals surface area (Å²) in [6, 6.07) is 14.1. The third kappa shape index (κ3) is 8.88. The van der Waals surface area contributed by atoms with Gasteiger partial charge in [0.1, 0.15) is 0 Å². The van der Waals surface area contributed by atoms with E-state index in [9.17, 15) is 9.90 Å². The molecule has 1 atom stereocenters. The number of hydrogen-bond donors (Lipinski definition) is 1. The van der Waals surface area contributed by atoms with E-state index in [1.54, 1.807) is 0 Å². The van der Waals surface area contributed by atoms with Crippen LogP contribution in [0, 0.1) is 19.3 Å². The molecule has 2 rings (SSSR count). The third-order valence-electron chi connectivity index (χ3n) is 8.17. The molecular formula is C34H52O3S. The van der Waals surface area contributed by atoms with Crippen molar-refractivity contribution in [3.8, 4) is 0 Å². The number of aliphatic hydroxyl groups excluding tert-OH is 1. The van der Waals surface area contributed by atoms with Gasteiger partial charge < -0.3 is 9.84 Å². The summed E-state index contributed by atoms with van der Waals surface area (Å²) in [5, 5.41) is 10.5. The zero-order valence-corrected chi connectivity index (χ0v) is 26.1. The van der Waals surface area contributed by atoms with Gasteiger partial charge in [-0.05, 0) is 110 Å². The molecule has 2 aromatic rings. The van der Waals surface area contributed by atoms with Crippen molar-refractivity contribution in [1.29, 1.82) is 0 Å². The van der Waals surface area contributed by atoms with Crippen LogP contribution in [0.1, 0.15) is 107 Å². The number of hydrogen-bond acceptors (Lipinski definition) is 4. The lowest BCUT2D eigenvalue weighted by molar-refractivity contribution is -0.143. The highest BCUT2D eigenvalue weighted by Crippen LogP contribution is 2.40. The maximum Gasteiger partial charge on any atom is 0.305 e. The normalized spacial score (nSPS) is 13.0. The van der Waals surface area contributed by atoms with Crippen LogP contribution >= 0.6 is 11.8 Å². The van der Waals surface area contributed by atoms with Crippen molar-refractivity contribution in [1.82, 2.24) is 0 Å². The maximum atomic E-state index is 11.5. The van der Waals surface area contributed by atoms with Crippen molar-refractivity contribution < 1.29 is 14.6 Å². The number of carbonyl (C=O) groups is 1. The van der Waals surface area contributed by atoms with Crippen LogP contribution in [0.5, 0.6) is 0 Å². The van der Waals surface area contributed by atoms with E-state index in [2.05, 4.69) is 84.9 Å². The van der Waals surface area contributed by atoms with E-state index < -0.39 is 0 Å². The van der Waals surface area contributed by atoms with Crippen LogP contribution in [0.25, 0.3) is 0 Å². The minimum atomic E-state index is -0.295. The molecule has 3 nitrogen and oxygen atoms in total. The number of ether oxygens (including phenoxy) is 1. The molecule has 0 saturated carbocycles. The van der Waals surface area contributed by atoms with Gasteiger partial charge in [-0.1, -0.05) is 71.0 Å². The molecule has 0 amide bonds. The number of benzene rings is 2. The lowest BCUT2D eigenvalue weighted by atomic mass is 9.69. The molecule has 4 heteroatoms. The second kappa shape index (κ2) is 15.1. The lowest BCUT2D eigenvalue weighted by Crippen LogP contribution is -2.27. The summed E-state index contributed by atoms with van der Waals surface area (Å²) in [7, 11) is 0. The number of aryl methyl sites for hydroxylation is 4. The summed E-state index contributed by atoms with van der Waals surface area (Å²) >= 11 is 1.92. The summed E-state index contributed by atoms with van der Waals surface area (Å²) in [4.78, 5) is 11.5. The van der Waals surface area contributed by atoms with Gasteiger partial charge in [0.2, 0.25) is 0 Å². The van der Waals surface area contributed by atoms with Crippen LogP contribution in [0.4, 0.5) is 0 Å². The van der Waals surface area contributed by atoms with Gasteiger partial charge in [-0.15, -0.1) is 0 Å². The minimum absolute atomic E-state index is 0.000644. The Balaban J connectivity index is 2.09. The average molecular weight is 541 g/mol. The quantitative estimate of drug-likeness (QED) is 0.182. The molecule has 0 aliphatic rings. The number of thioether (sulfide) groups is 1. The Morgan fingerprint density at radius 1 is 0.895 bits per heavy atom. The first-order valence-electron chi connectivity index (χ1n) is 14.6. The summed E-state index contributed by atoms with van der Waals surface area (Å²) in [6.07, 6.45) is 5.97. The molecule has 38 heavy (non-hydrogen) atoms. The van der Waals surface area contributed by atoms with Crippen LogP contribution < -0.4 is 0 Å². The number of carbonyl (C=O) groups excluding carboxylic acids is 1. The first kappa shape index (κ1) is 32.4. The molecule has 0 saturated heterocycles. The Kier molecular flexibility index (Phi) is 12.9. The maximum absolute atomic E-state index is 11.5. The fourth-order valence-corrected chi connectivity index (χ4v) is 6.26. The van der Waals surface area contributed by atoms with Crippen molar-refractivity contribution >= 4 is 17.7 Å². The zero-order chi connectivity index (χ0) is 28.3. The van der Waals surface area contributed by atoms with E-state index in [1.807, 2.05) is 18.7 Å². The molecule has 0 aliphatic heterocycles. The van der Waals surface area contributed by atoms with Crippen LogP contribution in [0.15, 0.2) is 36.4 Å². The van der Waals surface area contributed by atoms with Crippen molar-refractivity contribution in [2.45, 2.75) is 112 Å². The van der Waals surface area contributed by atoms with E-state index in [-0.39, 0.29) is 22.9 Å². The van der Waals surface area contributed by atoms with Crippen molar-refractivity contribution in [2.75, 3.05) is 18.1 Å². The Hall–Kier alpha value is -1.78. The molecule has 0 fully saturated rings. The van der Waals surface area contributed by atoms with Crippen molar-refractivity contribution in [3.05, 3.63) is 69.8 Å². The highest BCUT2D eigenvalue weighted by atomic mass is 32.2. The molecule has 0 radical (unpaired) electrons. The van der Waals surface area contributed by atoms with Crippen LogP contribution in [0.2, 0.25) is 0 Å². The van der Waals surface area contributed by atoms with Gasteiger partial charge in [0, 0.05) is 11.8 Å². The fraction of sp³-hybridized carbons (Fsp3) is 0.618. The molecule has 0 aliphatic carbocycles. The molecule has 212 valence electrons. The Morgan fingerprint density at radius 3 is 1.92 bits per heavy atom. The molecule has 2 aromatic carbocycles. The topological polar surface area (TPSA) is 46.5 Å². The molecular weight excluding hydrogens is 488 g/mol. The molecule has 0 spiro atoms. The first-order chi connectivity index (χ1) is 18.0. The van der Waals surface area contributed by atoms with Gasteiger partial charge in [-0.2, -0.15) is 11.8 Å². The van der Waals surface area contributed by atoms with Gasteiger partial charge in [0.05, 0.1) is 12.7 Å². The fourth-order valence-electron chi connectivity index (χ4n) is 5.34. The number of rotatable bonds is 15. The van der Waals surface area contributed by atoms with E-state index in [4.69, 9.17) is 4.74 Å². The monoisotopic (exact) mass is 540 g/mol. The molecule has 0 aromatic heterocycles. The smallest absolute Gasteiger partial charge is 0.305 e. The first-order valence-corrected chi connectivity index (χ1v) is 15.7.